The van der Waals surface area contributed by atoms with Crippen LogP contribution in [0.4, 0.5) is 14.9 Å². The van der Waals surface area contributed by atoms with E-state index < -0.39 is 23.8 Å². The number of halogens is 1. The van der Waals surface area contributed by atoms with Gasteiger partial charge in [0.15, 0.2) is 11.6 Å². The molecule has 1 atom stereocenters. The van der Waals surface area contributed by atoms with Gasteiger partial charge in [-0.1, -0.05) is 0 Å². The number of ether oxygens (including phenoxy) is 1. The fraction of sp³-hybridized carbons (Fsp3) is 0.300. The number of carbonyl (C=O) groups excluding carboxylic acids is 1. The van der Waals surface area contributed by atoms with E-state index in [1.54, 1.807) is 0 Å². The number of carbonyl (C=O) groups is 1. The van der Waals surface area contributed by atoms with E-state index in [1.807, 2.05) is 0 Å². The van der Waals surface area contributed by atoms with Gasteiger partial charge in [0.25, 0.3) is 0 Å². The molecule has 0 bridgehead atoms. The van der Waals surface area contributed by atoms with Crippen molar-refractivity contribution < 1.29 is 24.1 Å². The Hall–Kier alpha value is -1.82. The van der Waals surface area contributed by atoms with E-state index in [0.29, 0.717) is 0 Å². The topological polar surface area (TPSA) is 70.0 Å². The van der Waals surface area contributed by atoms with Crippen LogP contribution in [0.25, 0.3) is 0 Å². The van der Waals surface area contributed by atoms with Crippen LogP contribution in [-0.2, 0) is 4.74 Å². The Morgan fingerprint density at radius 2 is 2.31 bits per heavy atom. The average molecular weight is 227 g/mol. The van der Waals surface area contributed by atoms with Crippen molar-refractivity contribution >= 4 is 11.8 Å². The van der Waals surface area contributed by atoms with Gasteiger partial charge in [-0.25, -0.2) is 9.18 Å². The van der Waals surface area contributed by atoms with Crippen molar-refractivity contribution in [1.29, 1.82) is 0 Å². The van der Waals surface area contributed by atoms with E-state index in [9.17, 15) is 9.18 Å². The van der Waals surface area contributed by atoms with Gasteiger partial charge < -0.3 is 14.9 Å². The maximum atomic E-state index is 13.1. The molecule has 1 aliphatic rings. The lowest BCUT2D eigenvalue weighted by molar-refractivity contribution is 0.0963. The lowest BCUT2D eigenvalue weighted by Crippen LogP contribution is -2.25. The van der Waals surface area contributed by atoms with Gasteiger partial charge in [-0.15, -0.1) is 0 Å². The fourth-order valence-corrected chi connectivity index (χ4v) is 1.49. The number of phenols is 1. The number of hydrogen-bond donors (Lipinski definition) is 2. The number of aliphatic hydroxyl groups is 1. The number of amides is 1. The summed E-state index contributed by atoms with van der Waals surface area (Å²) >= 11 is 0. The molecule has 0 spiro atoms. The highest BCUT2D eigenvalue weighted by Gasteiger charge is 2.32. The van der Waals surface area contributed by atoms with Crippen molar-refractivity contribution in [1.82, 2.24) is 0 Å². The van der Waals surface area contributed by atoms with Crippen molar-refractivity contribution in [2.75, 3.05) is 18.1 Å². The van der Waals surface area contributed by atoms with Gasteiger partial charge in [-0.05, 0) is 12.1 Å². The molecule has 0 saturated carbocycles. The van der Waals surface area contributed by atoms with Crippen LogP contribution in [-0.4, -0.2) is 35.6 Å². The summed E-state index contributed by atoms with van der Waals surface area (Å²) in [6.45, 7) is -0.109. The molecule has 1 amide bonds. The summed E-state index contributed by atoms with van der Waals surface area (Å²) in [7, 11) is 0. The number of rotatable bonds is 2. The molecule has 5 nitrogen and oxygen atoms in total. The number of aromatic hydroxyl groups is 1. The third-order valence-electron chi connectivity index (χ3n) is 2.32. The van der Waals surface area contributed by atoms with Crippen LogP contribution >= 0.6 is 0 Å². The van der Waals surface area contributed by atoms with Gasteiger partial charge in [0.2, 0.25) is 0 Å². The van der Waals surface area contributed by atoms with Gasteiger partial charge in [0, 0.05) is 6.07 Å². The minimum absolute atomic E-state index is 0.166. The normalized spacial score (nSPS) is 20.0. The maximum Gasteiger partial charge on any atom is 0.414 e. The third-order valence-corrected chi connectivity index (χ3v) is 2.32. The standard InChI is InChI=1S/C10H10FNO4/c11-8-3-6(1-2-9(8)14)12-4-7(5-13)16-10(12)15/h1-3,7,13-14H,4-5H2. The van der Waals surface area contributed by atoms with Crippen LogP contribution in [0.15, 0.2) is 18.2 Å². The molecule has 0 aliphatic carbocycles. The highest BCUT2D eigenvalue weighted by atomic mass is 19.1. The molecule has 6 heteroatoms. The first kappa shape index (κ1) is 10.7. The highest BCUT2D eigenvalue weighted by Crippen LogP contribution is 2.26. The van der Waals surface area contributed by atoms with Crippen LogP contribution in [0.3, 0.4) is 0 Å². The van der Waals surface area contributed by atoms with Gasteiger partial charge in [-0.3, -0.25) is 4.90 Å². The largest absolute Gasteiger partial charge is 0.505 e. The second-order valence-corrected chi connectivity index (χ2v) is 3.43. The van der Waals surface area contributed by atoms with Crippen LogP contribution in [0.5, 0.6) is 5.75 Å². The molecule has 2 rings (SSSR count). The Kier molecular flexibility index (Phi) is 2.66. The van der Waals surface area contributed by atoms with Crippen LogP contribution in [0.2, 0.25) is 0 Å². The molecule has 1 aromatic rings. The van der Waals surface area contributed by atoms with Crippen molar-refractivity contribution in [3.63, 3.8) is 0 Å². The van der Waals surface area contributed by atoms with Crippen LogP contribution in [0.1, 0.15) is 0 Å². The Morgan fingerprint density at radius 3 is 2.88 bits per heavy atom. The van der Waals surface area contributed by atoms with E-state index in [0.717, 1.165) is 12.1 Å². The number of anilines is 1. The van der Waals surface area contributed by atoms with Gasteiger partial charge in [-0.2, -0.15) is 0 Å². The second-order valence-electron chi connectivity index (χ2n) is 3.43. The Balaban J connectivity index is 2.24. The number of nitrogens with zero attached hydrogens (tertiary/aromatic N) is 1. The summed E-state index contributed by atoms with van der Waals surface area (Å²) in [6.07, 6.45) is -1.23. The predicted octanol–water partition coefficient (Wildman–Crippen LogP) is 0.849. The predicted molar refractivity (Wildman–Crippen MR) is 52.8 cm³/mol. The Bertz CT molecular complexity index is 423. The zero-order valence-electron chi connectivity index (χ0n) is 8.26. The maximum absolute atomic E-state index is 13.1. The Labute approximate surface area is 90.7 Å². The van der Waals surface area contributed by atoms with Crippen LogP contribution in [0, 0.1) is 5.82 Å². The van der Waals surface area contributed by atoms with Crippen molar-refractivity contribution in [3.05, 3.63) is 24.0 Å². The lowest BCUT2D eigenvalue weighted by Gasteiger charge is -2.12. The molecule has 16 heavy (non-hydrogen) atoms. The molecule has 1 heterocycles. The molecule has 0 radical (unpaired) electrons. The van der Waals surface area contributed by atoms with E-state index in [4.69, 9.17) is 14.9 Å². The minimum Gasteiger partial charge on any atom is -0.505 e. The number of phenolic OH excluding ortho intramolecular Hbond substituents is 1. The Morgan fingerprint density at radius 1 is 1.56 bits per heavy atom. The van der Waals surface area contributed by atoms with Gasteiger partial charge in [0.1, 0.15) is 6.10 Å². The lowest BCUT2D eigenvalue weighted by atomic mass is 10.2. The molecular weight excluding hydrogens is 217 g/mol. The zero-order valence-corrected chi connectivity index (χ0v) is 8.26. The molecule has 0 aromatic heterocycles. The highest BCUT2D eigenvalue weighted by molar-refractivity contribution is 5.89. The molecule has 1 fully saturated rings. The van der Waals surface area contributed by atoms with Crippen molar-refractivity contribution in [3.8, 4) is 5.75 Å². The quantitative estimate of drug-likeness (QED) is 0.785. The zero-order chi connectivity index (χ0) is 11.7. The monoisotopic (exact) mass is 227 g/mol. The first-order valence-electron chi connectivity index (χ1n) is 4.69. The summed E-state index contributed by atoms with van der Waals surface area (Å²) in [5.74, 6) is -1.28. The summed E-state index contributed by atoms with van der Waals surface area (Å²) in [5.41, 5.74) is 0.288. The number of aliphatic hydroxyl groups excluding tert-OH is 1. The van der Waals surface area contributed by atoms with Crippen molar-refractivity contribution in [2.45, 2.75) is 6.10 Å². The van der Waals surface area contributed by atoms with Crippen molar-refractivity contribution in [2.24, 2.45) is 0 Å². The van der Waals surface area contributed by atoms with E-state index in [1.165, 1.54) is 11.0 Å². The smallest absolute Gasteiger partial charge is 0.414 e. The minimum atomic E-state index is -0.808. The van der Waals surface area contributed by atoms with Gasteiger partial charge in [0.05, 0.1) is 18.8 Å². The van der Waals surface area contributed by atoms with E-state index >= 15 is 0 Å². The van der Waals surface area contributed by atoms with Gasteiger partial charge >= 0.3 is 6.09 Å². The molecule has 1 aliphatic heterocycles. The molecule has 2 N–H and O–H groups in total. The summed E-state index contributed by atoms with van der Waals surface area (Å²) in [5, 5.41) is 17.8. The van der Waals surface area contributed by atoms with E-state index in [2.05, 4.69) is 0 Å². The summed E-state index contributed by atoms with van der Waals surface area (Å²) < 4.78 is 17.9. The van der Waals surface area contributed by atoms with E-state index in [-0.39, 0.29) is 18.8 Å². The summed E-state index contributed by atoms with van der Waals surface area (Å²) in [4.78, 5) is 12.5. The number of hydrogen-bond acceptors (Lipinski definition) is 4. The summed E-state index contributed by atoms with van der Waals surface area (Å²) in [6, 6.07) is 3.60. The first-order valence-corrected chi connectivity index (χ1v) is 4.69. The van der Waals surface area contributed by atoms with Crippen LogP contribution < -0.4 is 4.90 Å². The molecule has 1 unspecified atom stereocenters. The second kappa shape index (κ2) is 3.97. The fourth-order valence-electron chi connectivity index (χ4n) is 1.49. The molecule has 1 saturated heterocycles. The number of benzene rings is 1. The average Bonchev–Trinajstić information content (AvgIpc) is 2.64. The molecular formula is C10H10FNO4. The number of cyclic esters (lactones) is 1. The SMILES string of the molecule is O=C1OC(CO)CN1c1ccc(O)c(F)c1. The third kappa shape index (κ3) is 1.79. The molecule has 86 valence electrons. The molecule has 1 aromatic carbocycles. The first-order chi connectivity index (χ1) is 7.61.